The Hall–Kier alpha value is -3.02. The van der Waals surface area contributed by atoms with Crippen molar-refractivity contribution in [3.63, 3.8) is 0 Å². The van der Waals surface area contributed by atoms with Crippen LogP contribution in [-0.2, 0) is 18.8 Å². The van der Waals surface area contributed by atoms with Gasteiger partial charge in [-0.25, -0.2) is 4.79 Å². The van der Waals surface area contributed by atoms with Crippen molar-refractivity contribution in [2.45, 2.75) is 63.2 Å². The third kappa shape index (κ3) is 5.94. The minimum Gasteiger partial charge on any atom is -0.478 e. The number of ether oxygens (including phenoxy) is 1. The van der Waals surface area contributed by atoms with Crippen LogP contribution in [0.4, 0.5) is 0 Å². The maximum Gasteiger partial charge on any atom is 0.370 e. The van der Waals surface area contributed by atoms with Crippen LogP contribution in [0.1, 0.15) is 27.7 Å². The van der Waals surface area contributed by atoms with Crippen LogP contribution < -0.4 is 15.7 Å². The molecule has 0 fully saturated rings. The highest BCUT2D eigenvalue weighted by atomic mass is 28.4. The van der Waals surface area contributed by atoms with Crippen LogP contribution in [0, 0.1) is 0 Å². The highest BCUT2D eigenvalue weighted by Gasteiger charge is 2.54. The summed E-state index contributed by atoms with van der Waals surface area (Å²) < 4.78 is 12.6. The maximum absolute atomic E-state index is 12.2. The first-order valence-corrected chi connectivity index (χ1v) is 14.0. The van der Waals surface area contributed by atoms with Crippen LogP contribution in [-0.4, -0.2) is 77.7 Å². The molecule has 0 unspecified atom stereocenters. The number of aliphatic hydroxyl groups is 3. The van der Waals surface area contributed by atoms with Crippen molar-refractivity contribution >= 4 is 30.6 Å². The molecule has 5 N–H and O–H groups in total. The van der Waals surface area contributed by atoms with E-state index in [0.717, 1.165) is 10.4 Å². The third-order valence-electron chi connectivity index (χ3n) is 6.51. The van der Waals surface area contributed by atoms with Crippen LogP contribution in [0.2, 0.25) is 5.04 Å². The molecule has 9 nitrogen and oxygen atoms in total. The summed E-state index contributed by atoms with van der Waals surface area (Å²) in [5.41, 5.74) is 0. The van der Waals surface area contributed by atoms with Gasteiger partial charge in [-0.15, -0.1) is 0 Å². The van der Waals surface area contributed by atoms with Gasteiger partial charge in [0.15, 0.2) is 6.10 Å². The van der Waals surface area contributed by atoms with Gasteiger partial charge in [-0.05, 0) is 21.5 Å². The van der Waals surface area contributed by atoms with Gasteiger partial charge in [0, 0.05) is 6.92 Å². The number of carboxylic acids is 1. The Morgan fingerprint density at radius 2 is 1.54 bits per heavy atom. The van der Waals surface area contributed by atoms with Crippen molar-refractivity contribution in [1.29, 1.82) is 0 Å². The minimum atomic E-state index is -3.23. The van der Waals surface area contributed by atoms with E-state index in [9.17, 15) is 30.0 Å². The summed E-state index contributed by atoms with van der Waals surface area (Å²) in [5.74, 6) is -2.35. The van der Waals surface area contributed by atoms with Crippen molar-refractivity contribution in [2.24, 2.45) is 0 Å². The zero-order valence-electron chi connectivity index (χ0n) is 21.4. The van der Waals surface area contributed by atoms with E-state index in [0.29, 0.717) is 0 Å². The Morgan fingerprint density at radius 1 is 1.03 bits per heavy atom. The van der Waals surface area contributed by atoms with E-state index in [-0.39, 0.29) is 0 Å². The summed E-state index contributed by atoms with van der Waals surface area (Å²) in [4.78, 5) is 24.3. The van der Waals surface area contributed by atoms with E-state index in [1.165, 1.54) is 13.0 Å². The monoisotopic (exact) mass is 529 g/mol. The van der Waals surface area contributed by atoms with Crippen LogP contribution >= 0.6 is 0 Å². The molecule has 1 aliphatic heterocycles. The van der Waals surface area contributed by atoms with E-state index < -0.39 is 68.1 Å². The Bertz CT molecular complexity index is 1060. The fraction of sp³-hybridized carbons (Fsp3) is 0.407. The van der Waals surface area contributed by atoms with Gasteiger partial charge in [-0.2, -0.15) is 0 Å². The molecule has 0 aliphatic carbocycles. The molecule has 1 heterocycles. The number of carbonyl (C=O) groups is 2. The van der Waals surface area contributed by atoms with Crippen molar-refractivity contribution in [2.75, 3.05) is 6.61 Å². The SMILES string of the molecule is CC(=O)N[C@@H]1[C@H]([C@H](O)[C@H](O)CO)OC(C(=O)O)=C[C@H]1O[Si](c1ccccc1)(c1ccccc1)C(C)(C)C. The van der Waals surface area contributed by atoms with Crippen molar-refractivity contribution in [3.8, 4) is 0 Å². The number of aliphatic carboxylic acids is 1. The summed E-state index contributed by atoms with van der Waals surface area (Å²) in [6, 6.07) is 18.3. The smallest absolute Gasteiger partial charge is 0.370 e. The summed E-state index contributed by atoms with van der Waals surface area (Å²) in [6.45, 7) is 6.64. The molecule has 0 saturated carbocycles. The minimum absolute atomic E-state index is 0.465. The van der Waals surface area contributed by atoms with Crippen LogP contribution in [0.5, 0.6) is 0 Å². The molecule has 1 aliphatic rings. The molecule has 0 saturated heterocycles. The summed E-state index contributed by atoms with van der Waals surface area (Å²) in [6.07, 6.45) is -4.53. The second-order valence-electron chi connectivity index (χ2n) is 10.1. The van der Waals surface area contributed by atoms with Gasteiger partial charge in [0.25, 0.3) is 8.32 Å². The molecule has 2 aromatic carbocycles. The molecule has 0 radical (unpaired) electrons. The van der Waals surface area contributed by atoms with Gasteiger partial charge in [-0.3, -0.25) is 4.79 Å². The number of benzene rings is 2. The lowest BCUT2D eigenvalue weighted by molar-refractivity contribution is -0.149. The first-order chi connectivity index (χ1) is 17.4. The molecule has 5 atom stereocenters. The number of nitrogens with one attached hydrogen (secondary N) is 1. The van der Waals surface area contributed by atoms with E-state index in [1.807, 2.05) is 60.7 Å². The van der Waals surface area contributed by atoms with Crippen molar-refractivity contribution in [3.05, 3.63) is 72.5 Å². The molecule has 0 aromatic heterocycles. The van der Waals surface area contributed by atoms with Gasteiger partial charge >= 0.3 is 5.97 Å². The van der Waals surface area contributed by atoms with E-state index in [2.05, 4.69) is 26.1 Å². The van der Waals surface area contributed by atoms with Crippen molar-refractivity contribution in [1.82, 2.24) is 5.32 Å². The van der Waals surface area contributed by atoms with E-state index in [1.54, 1.807) is 0 Å². The molecule has 1 amide bonds. The molecule has 3 rings (SSSR count). The number of rotatable bonds is 9. The van der Waals surface area contributed by atoms with E-state index >= 15 is 0 Å². The summed E-state index contributed by atoms with van der Waals surface area (Å²) in [7, 11) is -3.23. The molecule has 0 bridgehead atoms. The number of hydrogen-bond donors (Lipinski definition) is 5. The van der Waals surface area contributed by atoms with Crippen molar-refractivity contribution < 1.29 is 39.2 Å². The number of aliphatic hydroxyl groups excluding tert-OH is 3. The van der Waals surface area contributed by atoms with Gasteiger partial charge in [-0.1, -0.05) is 81.4 Å². The second kappa shape index (κ2) is 11.6. The lowest BCUT2D eigenvalue weighted by Crippen LogP contribution is -2.70. The number of carbonyl (C=O) groups excluding carboxylic acids is 1. The fourth-order valence-corrected chi connectivity index (χ4v) is 9.47. The number of hydrogen-bond acceptors (Lipinski definition) is 7. The highest BCUT2D eigenvalue weighted by Crippen LogP contribution is 2.39. The quantitative estimate of drug-likeness (QED) is 0.296. The molecular formula is C27H35NO8Si. The Labute approximate surface area is 217 Å². The zero-order chi connectivity index (χ0) is 27.4. The molecule has 37 heavy (non-hydrogen) atoms. The summed E-state index contributed by atoms with van der Waals surface area (Å²) >= 11 is 0. The highest BCUT2D eigenvalue weighted by molar-refractivity contribution is 6.99. The number of carboxylic acid groups (broad SMARTS) is 1. The van der Waals surface area contributed by atoms with Gasteiger partial charge < -0.3 is 34.9 Å². The standard InChI is InChI=1S/C27H35NO8Si/c1-17(30)28-23-21(15-22(26(33)34)35-25(23)24(32)20(31)16-29)36-37(27(2,3)4,18-11-7-5-8-12-18)19-13-9-6-10-14-19/h5-15,20-21,23-25,29,31-32H,16H2,1-4H3,(H,28,30)(H,33,34)/t20-,21-,23+,24-,25-/m1/s1. The largest absolute Gasteiger partial charge is 0.478 e. The third-order valence-corrected chi connectivity index (χ3v) is 11.5. The van der Waals surface area contributed by atoms with Crippen LogP contribution in [0.3, 0.4) is 0 Å². The Morgan fingerprint density at radius 3 is 1.95 bits per heavy atom. The van der Waals surface area contributed by atoms with Crippen LogP contribution in [0.15, 0.2) is 72.5 Å². The maximum atomic E-state index is 12.2. The fourth-order valence-electron chi connectivity index (χ4n) is 4.83. The van der Waals surface area contributed by atoms with E-state index in [4.69, 9.17) is 9.16 Å². The Balaban J connectivity index is 2.26. The lowest BCUT2D eigenvalue weighted by Gasteiger charge is -2.48. The van der Waals surface area contributed by atoms with Gasteiger partial charge in [0.2, 0.25) is 11.7 Å². The number of amides is 1. The molecule has 0 spiro atoms. The average Bonchev–Trinajstić information content (AvgIpc) is 2.86. The normalized spacial score (nSPS) is 21.8. The first kappa shape index (κ1) is 28.5. The second-order valence-corrected chi connectivity index (χ2v) is 14.4. The first-order valence-electron chi connectivity index (χ1n) is 12.1. The Kier molecular flexibility index (Phi) is 8.93. The average molecular weight is 530 g/mol. The molecule has 10 heteroatoms. The molecule has 2 aromatic rings. The predicted octanol–water partition coefficient (Wildman–Crippen LogP) is 0.518. The summed E-state index contributed by atoms with van der Waals surface area (Å²) in [5, 5.41) is 44.3. The molecule has 200 valence electrons. The molecular weight excluding hydrogens is 494 g/mol. The van der Waals surface area contributed by atoms with Gasteiger partial charge in [0.1, 0.15) is 12.2 Å². The zero-order valence-corrected chi connectivity index (χ0v) is 22.4. The lowest BCUT2D eigenvalue weighted by atomic mass is 9.94. The van der Waals surface area contributed by atoms with Gasteiger partial charge in [0.05, 0.1) is 18.8 Å². The van der Waals surface area contributed by atoms with Crippen LogP contribution in [0.25, 0.3) is 0 Å². The predicted molar refractivity (Wildman–Crippen MR) is 140 cm³/mol. The topological polar surface area (TPSA) is 146 Å².